The van der Waals surface area contributed by atoms with Crippen LogP contribution in [-0.2, 0) is 12.8 Å². The molecular weight excluding hydrogens is 316 g/mol. The van der Waals surface area contributed by atoms with E-state index in [0.29, 0.717) is 0 Å². The predicted molar refractivity (Wildman–Crippen MR) is 94.9 cm³/mol. The molecule has 0 spiro atoms. The second kappa shape index (κ2) is 6.43. The topological polar surface area (TPSA) is 87.6 Å². The molecule has 2 amide bonds. The minimum atomic E-state index is -0.200. The number of aromatic amines is 1. The van der Waals surface area contributed by atoms with Crippen molar-refractivity contribution in [2.75, 3.05) is 5.32 Å². The Labute approximate surface area is 145 Å². The summed E-state index contributed by atoms with van der Waals surface area (Å²) in [7, 11) is 0. The Morgan fingerprint density at radius 1 is 1.32 bits per heavy atom. The van der Waals surface area contributed by atoms with Gasteiger partial charge in [0.2, 0.25) is 0 Å². The average Bonchev–Trinajstić information content (AvgIpc) is 3.23. The fourth-order valence-corrected chi connectivity index (χ4v) is 3.27. The van der Waals surface area contributed by atoms with Gasteiger partial charge in [0.25, 0.3) is 0 Å². The molecule has 7 nitrogen and oxygen atoms in total. The zero-order valence-electron chi connectivity index (χ0n) is 14.0. The molecule has 3 aromatic rings. The van der Waals surface area contributed by atoms with E-state index in [-0.39, 0.29) is 12.1 Å². The summed E-state index contributed by atoms with van der Waals surface area (Å²) < 4.78 is 1.81. The van der Waals surface area contributed by atoms with Crippen LogP contribution in [0, 0.1) is 6.92 Å². The normalized spacial score (nSPS) is 16.3. The van der Waals surface area contributed by atoms with E-state index in [4.69, 9.17) is 0 Å². The third kappa shape index (κ3) is 3.13. The summed E-state index contributed by atoms with van der Waals surface area (Å²) in [4.78, 5) is 12.5. The molecule has 1 unspecified atom stereocenters. The summed E-state index contributed by atoms with van der Waals surface area (Å²) in [5.41, 5.74) is 4.95. The minimum absolute atomic E-state index is 0.115. The number of aromatic nitrogens is 4. The van der Waals surface area contributed by atoms with Gasteiger partial charge in [0, 0.05) is 23.6 Å². The first-order chi connectivity index (χ1) is 12.2. The number of aryl methyl sites for hydroxylation is 2. The minimum Gasteiger partial charge on any atom is -0.335 e. The van der Waals surface area contributed by atoms with Crippen LogP contribution in [-0.4, -0.2) is 32.1 Å². The Hall–Kier alpha value is -3.09. The highest BCUT2D eigenvalue weighted by Gasteiger charge is 2.21. The largest absolute Gasteiger partial charge is 0.335 e. The maximum Gasteiger partial charge on any atom is 0.319 e. The maximum atomic E-state index is 12.5. The number of urea groups is 1. The Balaban J connectivity index is 1.46. The first-order valence-corrected chi connectivity index (χ1v) is 8.39. The Morgan fingerprint density at radius 2 is 2.20 bits per heavy atom. The van der Waals surface area contributed by atoms with Gasteiger partial charge < -0.3 is 10.6 Å². The SMILES string of the molecule is Cc1ccnn1-c1ccccc1NC(=O)NC1CCc2[nH]ncc2C1. The van der Waals surface area contributed by atoms with Crippen LogP contribution in [0.3, 0.4) is 0 Å². The van der Waals surface area contributed by atoms with E-state index in [1.165, 1.54) is 11.3 Å². The van der Waals surface area contributed by atoms with E-state index >= 15 is 0 Å². The second-order valence-corrected chi connectivity index (χ2v) is 6.31. The first-order valence-electron chi connectivity index (χ1n) is 8.39. The number of anilines is 1. The van der Waals surface area contributed by atoms with Gasteiger partial charge in [0.15, 0.2) is 0 Å². The summed E-state index contributed by atoms with van der Waals surface area (Å²) in [6.07, 6.45) is 6.21. The molecule has 0 saturated carbocycles. The van der Waals surface area contributed by atoms with Crippen molar-refractivity contribution in [3.8, 4) is 5.69 Å². The van der Waals surface area contributed by atoms with Gasteiger partial charge in [0.05, 0.1) is 17.6 Å². The van der Waals surface area contributed by atoms with Gasteiger partial charge in [-0.15, -0.1) is 0 Å². The molecule has 1 aliphatic rings. The highest BCUT2D eigenvalue weighted by atomic mass is 16.2. The lowest BCUT2D eigenvalue weighted by atomic mass is 9.94. The van der Waals surface area contributed by atoms with E-state index in [9.17, 15) is 4.79 Å². The monoisotopic (exact) mass is 336 g/mol. The van der Waals surface area contributed by atoms with Crippen molar-refractivity contribution in [3.05, 3.63) is 59.7 Å². The molecule has 7 heteroatoms. The van der Waals surface area contributed by atoms with Crippen LogP contribution < -0.4 is 10.6 Å². The summed E-state index contributed by atoms with van der Waals surface area (Å²) in [6, 6.07) is 9.50. The van der Waals surface area contributed by atoms with E-state index in [1.807, 2.05) is 48.1 Å². The molecule has 0 aliphatic heterocycles. The summed E-state index contributed by atoms with van der Waals surface area (Å²) in [5, 5.41) is 17.4. The fraction of sp³-hybridized carbons (Fsp3) is 0.278. The van der Waals surface area contributed by atoms with Crippen LogP contribution in [0.2, 0.25) is 0 Å². The van der Waals surface area contributed by atoms with Gasteiger partial charge in [-0.2, -0.15) is 10.2 Å². The number of hydrogen-bond acceptors (Lipinski definition) is 3. The molecule has 1 aromatic carbocycles. The lowest BCUT2D eigenvalue weighted by Gasteiger charge is -2.23. The van der Waals surface area contributed by atoms with Gasteiger partial charge >= 0.3 is 6.03 Å². The molecule has 0 saturated heterocycles. The van der Waals surface area contributed by atoms with Crippen LogP contribution >= 0.6 is 0 Å². The molecule has 1 aliphatic carbocycles. The zero-order chi connectivity index (χ0) is 17.2. The van der Waals surface area contributed by atoms with Crippen molar-refractivity contribution >= 4 is 11.7 Å². The number of hydrogen-bond donors (Lipinski definition) is 3. The number of H-pyrrole nitrogens is 1. The number of nitrogens with one attached hydrogen (secondary N) is 3. The average molecular weight is 336 g/mol. The smallest absolute Gasteiger partial charge is 0.319 e. The highest BCUT2D eigenvalue weighted by molar-refractivity contribution is 5.91. The van der Waals surface area contributed by atoms with E-state index in [2.05, 4.69) is 25.9 Å². The number of carbonyl (C=O) groups is 1. The molecule has 128 valence electrons. The van der Waals surface area contributed by atoms with Crippen LogP contribution in [0.15, 0.2) is 42.7 Å². The van der Waals surface area contributed by atoms with Crippen molar-refractivity contribution in [1.29, 1.82) is 0 Å². The summed E-state index contributed by atoms with van der Waals surface area (Å²) in [5.74, 6) is 0. The zero-order valence-corrected chi connectivity index (χ0v) is 14.0. The van der Waals surface area contributed by atoms with Crippen molar-refractivity contribution in [1.82, 2.24) is 25.3 Å². The van der Waals surface area contributed by atoms with Crippen LogP contribution in [0.4, 0.5) is 10.5 Å². The molecule has 2 aromatic heterocycles. The summed E-state index contributed by atoms with van der Waals surface area (Å²) >= 11 is 0. The quantitative estimate of drug-likeness (QED) is 0.687. The summed E-state index contributed by atoms with van der Waals surface area (Å²) in [6.45, 7) is 1.98. The molecular formula is C18H20N6O. The van der Waals surface area contributed by atoms with Crippen LogP contribution in [0.1, 0.15) is 23.4 Å². The standard InChI is InChI=1S/C18H20N6O/c1-12-8-9-20-24(12)17-5-3-2-4-16(17)22-18(25)21-14-6-7-15-13(10-14)11-19-23-15/h2-5,8-9,11,14H,6-7,10H2,1H3,(H,19,23)(H2,21,22,25). The number of fused-ring (bicyclic) bond motifs is 1. The molecule has 4 rings (SSSR count). The van der Waals surface area contributed by atoms with Gasteiger partial charge in [-0.1, -0.05) is 12.1 Å². The molecule has 0 radical (unpaired) electrons. The number of carbonyl (C=O) groups excluding carboxylic acids is 1. The number of amides is 2. The Bertz CT molecular complexity index is 896. The molecule has 3 N–H and O–H groups in total. The van der Waals surface area contributed by atoms with Crippen molar-refractivity contribution in [3.63, 3.8) is 0 Å². The second-order valence-electron chi connectivity index (χ2n) is 6.31. The third-order valence-electron chi connectivity index (χ3n) is 4.56. The lowest BCUT2D eigenvalue weighted by Crippen LogP contribution is -2.41. The van der Waals surface area contributed by atoms with Crippen LogP contribution in [0.25, 0.3) is 5.69 Å². The molecule has 0 fully saturated rings. The lowest BCUT2D eigenvalue weighted by molar-refractivity contribution is 0.247. The van der Waals surface area contributed by atoms with Crippen LogP contribution in [0.5, 0.6) is 0 Å². The Kier molecular flexibility index (Phi) is 3.97. The van der Waals surface area contributed by atoms with E-state index in [1.54, 1.807) is 6.20 Å². The molecule has 2 heterocycles. The maximum absolute atomic E-state index is 12.5. The first kappa shape index (κ1) is 15.4. The van der Waals surface area contributed by atoms with Gasteiger partial charge in [-0.3, -0.25) is 5.10 Å². The van der Waals surface area contributed by atoms with Crippen molar-refractivity contribution in [2.24, 2.45) is 0 Å². The van der Waals surface area contributed by atoms with E-state index < -0.39 is 0 Å². The van der Waals surface area contributed by atoms with Crippen molar-refractivity contribution < 1.29 is 4.79 Å². The van der Waals surface area contributed by atoms with Gasteiger partial charge in [0.1, 0.15) is 0 Å². The Morgan fingerprint density at radius 3 is 3.04 bits per heavy atom. The predicted octanol–water partition coefficient (Wildman–Crippen LogP) is 2.58. The molecule has 25 heavy (non-hydrogen) atoms. The number of rotatable bonds is 3. The number of nitrogens with zero attached hydrogens (tertiary/aromatic N) is 3. The fourth-order valence-electron chi connectivity index (χ4n) is 3.27. The van der Waals surface area contributed by atoms with Gasteiger partial charge in [-0.05, 0) is 49.9 Å². The highest BCUT2D eigenvalue weighted by Crippen LogP contribution is 2.22. The third-order valence-corrected chi connectivity index (χ3v) is 4.56. The number of para-hydroxylation sites is 2. The molecule has 0 bridgehead atoms. The van der Waals surface area contributed by atoms with Gasteiger partial charge in [-0.25, -0.2) is 9.48 Å². The molecule has 1 atom stereocenters. The van der Waals surface area contributed by atoms with E-state index in [0.717, 1.165) is 36.3 Å². The number of benzene rings is 1. The van der Waals surface area contributed by atoms with Crippen molar-refractivity contribution in [2.45, 2.75) is 32.2 Å².